The molecule has 0 bridgehead atoms. The molecule has 1 N–H and O–H groups in total. The summed E-state index contributed by atoms with van der Waals surface area (Å²) in [6.07, 6.45) is 2.66. The van der Waals surface area contributed by atoms with Crippen LogP contribution in [0, 0.1) is 0 Å². The van der Waals surface area contributed by atoms with Crippen molar-refractivity contribution < 1.29 is 9.53 Å². The van der Waals surface area contributed by atoms with Crippen LogP contribution in [0.3, 0.4) is 0 Å². The van der Waals surface area contributed by atoms with E-state index in [-0.39, 0.29) is 11.9 Å². The highest BCUT2D eigenvalue weighted by molar-refractivity contribution is 5.95. The molecule has 0 saturated carbocycles. The molecule has 1 rings (SSSR count). The van der Waals surface area contributed by atoms with Gasteiger partial charge in [-0.15, -0.1) is 0 Å². The number of amides is 1. The SMILES string of the molecule is CCO/C(=C\c1ccccc1)C(=O)NC(C)CC. The highest BCUT2D eigenvalue weighted by Gasteiger charge is 2.12. The molecular formula is C15H21NO2. The lowest BCUT2D eigenvalue weighted by atomic mass is 10.2. The molecule has 0 spiro atoms. The van der Waals surface area contributed by atoms with Crippen LogP contribution in [0.2, 0.25) is 0 Å². The summed E-state index contributed by atoms with van der Waals surface area (Å²) in [6, 6.07) is 9.84. The van der Waals surface area contributed by atoms with Crippen molar-refractivity contribution in [3.63, 3.8) is 0 Å². The first-order valence-electron chi connectivity index (χ1n) is 6.37. The maximum atomic E-state index is 12.0. The number of nitrogens with one attached hydrogen (secondary N) is 1. The predicted octanol–water partition coefficient (Wildman–Crippen LogP) is 2.98. The van der Waals surface area contributed by atoms with E-state index in [4.69, 9.17) is 4.74 Å². The van der Waals surface area contributed by atoms with Crippen molar-refractivity contribution in [1.29, 1.82) is 0 Å². The average molecular weight is 247 g/mol. The number of benzene rings is 1. The van der Waals surface area contributed by atoms with Gasteiger partial charge >= 0.3 is 0 Å². The molecule has 0 radical (unpaired) electrons. The lowest BCUT2D eigenvalue weighted by molar-refractivity contribution is -0.121. The lowest BCUT2D eigenvalue weighted by Gasteiger charge is -2.13. The minimum atomic E-state index is -0.157. The molecule has 0 aromatic heterocycles. The van der Waals surface area contributed by atoms with E-state index in [1.54, 1.807) is 6.08 Å². The minimum Gasteiger partial charge on any atom is -0.488 e. The zero-order valence-electron chi connectivity index (χ0n) is 11.3. The van der Waals surface area contributed by atoms with Crippen LogP contribution >= 0.6 is 0 Å². The molecule has 98 valence electrons. The Morgan fingerprint density at radius 3 is 2.56 bits per heavy atom. The van der Waals surface area contributed by atoms with Gasteiger partial charge < -0.3 is 10.1 Å². The fraction of sp³-hybridized carbons (Fsp3) is 0.400. The standard InChI is InChI=1S/C15H21NO2/c1-4-12(3)16-15(17)14(18-5-2)11-13-9-7-6-8-10-13/h6-12H,4-5H2,1-3H3,(H,16,17)/b14-11-. The Labute approximate surface area is 109 Å². The molecule has 0 saturated heterocycles. The van der Waals surface area contributed by atoms with Gasteiger partial charge in [-0.2, -0.15) is 0 Å². The normalized spacial score (nSPS) is 12.9. The quantitative estimate of drug-likeness (QED) is 0.620. The number of carbonyl (C=O) groups is 1. The van der Waals surface area contributed by atoms with E-state index in [0.717, 1.165) is 12.0 Å². The fourth-order valence-electron chi connectivity index (χ4n) is 1.43. The zero-order valence-corrected chi connectivity index (χ0v) is 11.3. The van der Waals surface area contributed by atoms with Crippen molar-refractivity contribution in [1.82, 2.24) is 5.32 Å². The van der Waals surface area contributed by atoms with Crippen LogP contribution in [0.1, 0.15) is 32.8 Å². The Bertz CT molecular complexity index is 398. The number of hydrogen-bond acceptors (Lipinski definition) is 2. The maximum absolute atomic E-state index is 12.0. The van der Waals surface area contributed by atoms with E-state index in [2.05, 4.69) is 5.32 Å². The Kier molecular flexibility index (Phi) is 5.98. The Morgan fingerprint density at radius 1 is 1.33 bits per heavy atom. The van der Waals surface area contributed by atoms with Crippen molar-refractivity contribution in [3.8, 4) is 0 Å². The average Bonchev–Trinajstić information content (AvgIpc) is 2.39. The summed E-state index contributed by atoms with van der Waals surface area (Å²) in [5.41, 5.74) is 0.959. The van der Waals surface area contributed by atoms with E-state index in [9.17, 15) is 4.79 Å². The van der Waals surface area contributed by atoms with Gasteiger partial charge in [0.25, 0.3) is 5.91 Å². The van der Waals surface area contributed by atoms with Gasteiger partial charge in [-0.05, 0) is 31.9 Å². The van der Waals surface area contributed by atoms with E-state index in [1.165, 1.54) is 0 Å². The molecule has 1 amide bonds. The molecule has 1 aromatic carbocycles. The Balaban J connectivity index is 2.82. The number of ether oxygens (including phenoxy) is 1. The summed E-state index contributed by atoms with van der Waals surface area (Å²) in [4.78, 5) is 12.0. The maximum Gasteiger partial charge on any atom is 0.286 e. The van der Waals surface area contributed by atoms with Crippen LogP contribution < -0.4 is 5.32 Å². The molecule has 0 heterocycles. The Morgan fingerprint density at radius 2 is 2.00 bits per heavy atom. The third kappa shape index (κ3) is 4.62. The summed E-state index contributed by atoms with van der Waals surface area (Å²) in [5, 5.41) is 2.90. The second-order valence-corrected chi connectivity index (χ2v) is 4.14. The van der Waals surface area contributed by atoms with E-state index in [0.29, 0.717) is 12.4 Å². The lowest BCUT2D eigenvalue weighted by Crippen LogP contribution is -2.33. The van der Waals surface area contributed by atoms with E-state index >= 15 is 0 Å². The van der Waals surface area contributed by atoms with Gasteiger partial charge in [-0.25, -0.2) is 0 Å². The molecular weight excluding hydrogens is 226 g/mol. The molecule has 1 aromatic rings. The smallest absolute Gasteiger partial charge is 0.286 e. The van der Waals surface area contributed by atoms with Crippen LogP contribution in [-0.2, 0) is 9.53 Å². The molecule has 1 atom stereocenters. The zero-order chi connectivity index (χ0) is 13.4. The topological polar surface area (TPSA) is 38.3 Å². The molecule has 0 fully saturated rings. The molecule has 0 aliphatic rings. The van der Waals surface area contributed by atoms with Gasteiger partial charge in [0.05, 0.1) is 6.61 Å². The minimum absolute atomic E-state index is 0.150. The first-order chi connectivity index (χ1) is 8.67. The summed E-state index contributed by atoms with van der Waals surface area (Å²) in [6.45, 7) is 6.36. The molecule has 3 nitrogen and oxygen atoms in total. The van der Waals surface area contributed by atoms with Crippen LogP contribution in [0.25, 0.3) is 6.08 Å². The van der Waals surface area contributed by atoms with Gasteiger partial charge in [0.2, 0.25) is 0 Å². The molecule has 3 heteroatoms. The molecule has 0 aliphatic carbocycles. The summed E-state index contributed by atoms with van der Waals surface area (Å²) < 4.78 is 5.40. The Hall–Kier alpha value is -1.77. The summed E-state index contributed by atoms with van der Waals surface area (Å²) in [7, 11) is 0. The summed E-state index contributed by atoms with van der Waals surface area (Å²) in [5.74, 6) is 0.207. The summed E-state index contributed by atoms with van der Waals surface area (Å²) >= 11 is 0. The van der Waals surface area contributed by atoms with Gasteiger partial charge in [-0.3, -0.25) is 4.79 Å². The van der Waals surface area contributed by atoms with Crippen molar-refractivity contribution in [3.05, 3.63) is 41.7 Å². The van der Waals surface area contributed by atoms with Crippen LogP contribution in [-0.4, -0.2) is 18.6 Å². The largest absolute Gasteiger partial charge is 0.488 e. The number of rotatable bonds is 6. The van der Waals surface area contributed by atoms with Gasteiger partial charge in [0, 0.05) is 6.04 Å². The third-order valence-electron chi connectivity index (χ3n) is 2.61. The van der Waals surface area contributed by atoms with Gasteiger partial charge in [0.15, 0.2) is 5.76 Å². The van der Waals surface area contributed by atoms with Crippen LogP contribution in [0.4, 0.5) is 0 Å². The second kappa shape index (κ2) is 7.54. The number of hydrogen-bond donors (Lipinski definition) is 1. The predicted molar refractivity (Wildman–Crippen MR) is 73.9 cm³/mol. The van der Waals surface area contributed by atoms with E-state index in [1.807, 2.05) is 51.1 Å². The van der Waals surface area contributed by atoms with Gasteiger partial charge in [-0.1, -0.05) is 37.3 Å². The van der Waals surface area contributed by atoms with Crippen molar-refractivity contribution in [2.24, 2.45) is 0 Å². The van der Waals surface area contributed by atoms with Crippen molar-refractivity contribution in [2.45, 2.75) is 33.2 Å². The highest BCUT2D eigenvalue weighted by atomic mass is 16.5. The number of carbonyl (C=O) groups excluding carboxylic acids is 1. The van der Waals surface area contributed by atoms with Crippen LogP contribution in [0.5, 0.6) is 0 Å². The van der Waals surface area contributed by atoms with E-state index < -0.39 is 0 Å². The molecule has 0 aliphatic heterocycles. The van der Waals surface area contributed by atoms with Crippen molar-refractivity contribution in [2.75, 3.05) is 6.61 Å². The first-order valence-corrected chi connectivity index (χ1v) is 6.37. The van der Waals surface area contributed by atoms with Crippen LogP contribution in [0.15, 0.2) is 36.1 Å². The highest BCUT2D eigenvalue weighted by Crippen LogP contribution is 2.08. The molecule has 18 heavy (non-hydrogen) atoms. The molecule has 1 unspecified atom stereocenters. The van der Waals surface area contributed by atoms with Crippen molar-refractivity contribution >= 4 is 12.0 Å². The fourth-order valence-corrected chi connectivity index (χ4v) is 1.43. The monoisotopic (exact) mass is 247 g/mol. The second-order valence-electron chi connectivity index (χ2n) is 4.14. The third-order valence-corrected chi connectivity index (χ3v) is 2.61. The first kappa shape index (κ1) is 14.3. The van der Waals surface area contributed by atoms with Gasteiger partial charge in [0.1, 0.15) is 0 Å².